The van der Waals surface area contributed by atoms with E-state index >= 15 is 0 Å². The Morgan fingerprint density at radius 1 is 1.37 bits per heavy atom. The predicted molar refractivity (Wildman–Crippen MR) is 73.8 cm³/mol. The van der Waals surface area contributed by atoms with E-state index in [0.29, 0.717) is 17.8 Å². The maximum atomic E-state index is 5.70. The highest BCUT2D eigenvalue weighted by Gasteiger charge is 2.38. The van der Waals surface area contributed by atoms with Crippen LogP contribution in [0.3, 0.4) is 0 Å². The summed E-state index contributed by atoms with van der Waals surface area (Å²) < 4.78 is 5.34. The molecule has 1 heterocycles. The van der Waals surface area contributed by atoms with Crippen molar-refractivity contribution in [3.05, 3.63) is 41.5 Å². The van der Waals surface area contributed by atoms with E-state index in [1.807, 2.05) is 12.1 Å². The molecule has 3 unspecified atom stereocenters. The van der Waals surface area contributed by atoms with Gasteiger partial charge in [-0.05, 0) is 36.0 Å². The number of aromatic nitrogens is 2. The van der Waals surface area contributed by atoms with E-state index in [-0.39, 0.29) is 0 Å². The standard InChI is InChI=1S/C15H19N3O/c1-9(11-3-5-12(16)6-4-11)8-14-17-15(18-19-14)13-7-10(13)2/h3-6,9-10,13H,7-8,16H2,1-2H3. The number of nitrogens with two attached hydrogens (primary N) is 1. The summed E-state index contributed by atoms with van der Waals surface area (Å²) in [4.78, 5) is 4.50. The summed E-state index contributed by atoms with van der Waals surface area (Å²) in [5.74, 6) is 3.19. The molecule has 1 fully saturated rings. The summed E-state index contributed by atoms with van der Waals surface area (Å²) in [6.45, 7) is 4.38. The van der Waals surface area contributed by atoms with E-state index in [4.69, 9.17) is 10.3 Å². The van der Waals surface area contributed by atoms with Gasteiger partial charge in [-0.2, -0.15) is 4.98 Å². The van der Waals surface area contributed by atoms with Crippen LogP contribution in [0.2, 0.25) is 0 Å². The van der Waals surface area contributed by atoms with Crippen LogP contribution >= 0.6 is 0 Å². The Morgan fingerprint density at radius 3 is 2.68 bits per heavy atom. The second-order valence-corrected chi connectivity index (χ2v) is 5.64. The van der Waals surface area contributed by atoms with Crippen LogP contribution in [0.4, 0.5) is 5.69 Å². The minimum Gasteiger partial charge on any atom is -0.399 e. The van der Waals surface area contributed by atoms with Gasteiger partial charge < -0.3 is 10.3 Å². The van der Waals surface area contributed by atoms with Crippen LogP contribution in [0, 0.1) is 5.92 Å². The first-order valence-electron chi connectivity index (χ1n) is 6.81. The smallest absolute Gasteiger partial charge is 0.227 e. The topological polar surface area (TPSA) is 64.9 Å². The highest BCUT2D eigenvalue weighted by molar-refractivity contribution is 5.40. The van der Waals surface area contributed by atoms with E-state index in [2.05, 4.69) is 36.1 Å². The number of rotatable bonds is 4. The van der Waals surface area contributed by atoms with Crippen LogP contribution in [-0.4, -0.2) is 10.1 Å². The molecule has 0 radical (unpaired) electrons. The zero-order valence-corrected chi connectivity index (χ0v) is 11.3. The zero-order valence-electron chi connectivity index (χ0n) is 11.3. The fourth-order valence-electron chi connectivity index (χ4n) is 2.39. The lowest BCUT2D eigenvalue weighted by Gasteiger charge is -2.09. The van der Waals surface area contributed by atoms with Crippen molar-refractivity contribution in [2.24, 2.45) is 5.92 Å². The number of nitrogen functional groups attached to an aromatic ring is 1. The van der Waals surface area contributed by atoms with Gasteiger partial charge in [0.2, 0.25) is 5.89 Å². The fourth-order valence-corrected chi connectivity index (χ4v) is 2.39. The lowest BCUT2D eigenvalue weighted by molar-refractivity contribution is 0.366. The third-order valence-electron chi connectivity index (χ3n) is 3.91. The second-order valence-electron chi connectivity index (χ2n) is 5.64. The van der Waals surface area contributed by atoms with Gasteiger partial charge >= 0.3 is 0 Å². The molecule has 2 aromatic rings. The summed E-state index contributed by atoms with van der Waals surface area (Å²) in [5, 5.41) is 4.08. The normalized spacial score (nSPS) is 23.3. The molecule has 3 rings (SSSR count). The van der Waals surface area contributed by atoms with Gasteiger partial charge in [-0.3, -0.25) is 0 Å². The highest BCUT2D eigenvalue weighted by atomic mass is 16.5. The van der Waals surface area contributed by atoms with Crippen LogP contribution in [-0.2, 0) is 6.42 Å². The Kier molecular flexibility index (Phi) is 3.01. The number of hydrogen-bond donors (Lipinski definition) is 1. The average Bonchev–Trinajstić information content (AvgIpc) is 2.94. The molecule has 1 aliphatic carbocycles. The molecule has 0 saturated heterocycles. The number of anilines is 1. The third kappa shape index (κ3) is 2.62. The molecule has 4 heteroatoms. The summed E-state index contributed by atoms with van der Waals surface area (Å²) in [6, 6.07) is 7.97. The van der Waals surface area contributed by atoms with Crippen molar-refractivity contribution in [2.75, 3.05) is 5.73 Å². The molecule has 0 aliphatic heterocycles. The minimum atomic E-state index is 0.352. The molecule has 0 bridgehead atoms. The van der Waals surface area contributed by atoms with Crippen LogP contribution in [0.15, 0.2) is 28.8 Å². The van der Waals surface area contributed by atoms with E-state index in [0.717, 1.165) is 23.8 Å². The SMILES string of the molecule is CC(Cc1nc(C2CC2C)no1)c1ccc(N)cc1. The van der Waals surface area contributed by atoms with E-state index in [9.17, 15) is 0 Å². The van der Waals surface area contributed by atoms with Crippen LogP contribution in [0.25, 0.3) is 0 Å². The van der Waals surface area contributed by atoms with Crippen LogP contribution in [0.5, 0.6) is 0 Å². The third-order valence-corrected chi connectivity index (χ3v) is 3.91. The summed E-state index contributed by atoms with van der Waals surface area (Å²) in [5.41, 5.74) is 7.73. The lowest BCUT2D eigenvalue weighted by atomic mass is 9.98. The van der Waals surface area contributed by atoms with Crippen molar-refractivity contribution >= 4 is 5.69 Å². The van der Waals surface area contributed by atoms with Gasteiger partial charge in [-0.15, -0.1) is 0 Å². The molecule has 1 aromatic carbocycles. The average molecular weight is 257 g/mol. The first kappa shape index (κ1) is 12.2. The van der Waals surface area contributed by atoms with Crippen molar-refractivity contribution < 1.29 is 4.52 Å². The van der Waals surface area contributed by atoms with Crippen molar-refractivity contribution in [3.63, 3.8) is 0 Å². The van der Waals surface area contributed by atoms with Crippen molar-refractivity contribution in [2.45, 2.75) is 38.5 Å². The van der Waals surface area contributed by atoms with E-state index in [1.165, 1.54) is 12.0 Å². The molecular formula is C15H19N3O. The van der Waals surface area contributed by atoms with Crippen molar-refractivity contribution in [3.8, 4) is 0 Å². The van der Waals surface area contributed by atoms with Gasteiger partial charge in [-0.1, -0.05) is 31.1 Å². The molecule has 3 atom stereocenters. The Labute approximate surface area is 113 Å². The maximum Gasteiger partial charge on any atom is 0.227 e. The van der Waals surface area contributed by atoms with Crippen molar-refractivity contribution in [1.29, 1.82) is 0 Å². The van der Waals surface area contributed by atoms with Gasteiger partial charge in [-0.25, -0.2) is 0 Å². The van der Waals surface area contributed by atoms with Crippen molar-refractivity contribution in [1.82, 2.24) is 10.1 Å². The molecule has 4 nitrogen and oxygen atoms in total. The Balaban J connectivity index is 1.67. The van der Waals surface area contributed by atoms with Gasteiger partial charge in [0, 0.05) is 18.0 Å². The van der Waals surface area contributed by atoms with E-state index < -0.39 is 0 Å². The van der Waals surface area contributed by atoms with Gasteiger partial charge in [0.05, 0.1) is 0 Å². The number of benzene rings is 1. The molecule has 1 saturated carbocycles. The summed E-state index contributed by atoms with van der Waals surface area (Å²) in [6.07, 6.45) is 1.96. The van der Waals surface area contributed by atoms with Crippen LogP contribution < -0.4 is 5.73 Å². The molecule has 0 amide bonds. The molecule has 2 N–H and O–H groups in total. The van der Waals surface area contributed by atoms with Gasteiger partial charge in [0.15, 0.2) is 5.82 Å². The second kappa shape index (κ2) is 4.68. The monoisotopic (exact) mass is 257 g/mol. The number of nitrogens with zero attached hydrogens (tertiary/aromatic N) is 2. The highest BCUT2D eigenvalue weighted by Crippen LogP contribution is 2.45. The molecular weight excluding hydrogens is 238 g/mol. The molecule has 1 aliphatic rings. The Morgan fingerprint density at radius 2 is 2.05 bits per heavy atom. The fraction of sp³-hybridized carbons (Fsp3) is 0.467. The molecule has 19 heavy (non-hydrogen) atoms. The molecule has 100 valence electrons. The summed E-state index contributed by atoms with van der Waals surface area (Å²) in [7, 11) is 0. The molecule has 0 spiro atoms. The zero-order chi connectivity index (χ0) is 13.4. The quantitative estimate of drug-likeness (QED) is 0.855. The minimum absolute atomic E-state index is 0.352. The Hall–Kier alpha value is -1.84. The van der Waals surface area contributed by atoms with Crippen LogP contribution in [0.1, 0.15) is 49.4 Å². The first-order chi connectivity index (χ1) is 9.13. The predicted octanol–water partition coefficient (Wildman–Crippen LogP) is 3.12. The maximum absolute atomic E-state index is 5.70. The Bertz CT molecular complexity index is 561. The lowest BCUT2D eigenvalue weighted by Crippen LogP contribution is -1.99. The first-order valence-corrected chi connectivity index (χ1v) is 6.81. The number of hydrogen-bond acceptors (Lipinski definition) is 4. The largest absolute Gasteiger partial charge is 0.399 e. The van der Waals surface area contributed by atoms with Gasteiger partial charge in [0.25, 0.3) is 0 Å². The summed E-state index contributed by atoms with van der Waals surface area (Å²) >= 11 is 0. The molecule has 1 aromatic heterocycles. The van der Waals surface area contributed by atoms with E-state index in [1.54, 1.807) is 0 Å². The van der Waals surface area contributed by atoms with Gasteiger partial charge in [0.1, 0.15) is 0 Å².